The molecule has 0 unspecified atom stereocenters. The van der Waals surface area contributed by atoms with E-state index in [0.29, 0.717) is 38.1 Å². The van der Waals surface area contributed by atoms with Crippen molar-refractivity contribution in [1.29, 1.82) is 0 Å². The van der Waals surface area contributed by atoms with Gasteiger partial charge in [0.2, 0.25) is 6.20 Å². The topological polar surface area (TPSA) is 51.8 Å². The molecule has 5 nitrogen and oxygen atoms in total. The van der Waals surface area contributed by atoms with Gasteiger partial charge in [0.1, 0.15) is 0 Å². The third-order valence-electron chi connectivity index (χ3n) is 2.04. The molecule has 0 aliphatic rings. The molecule has 0 aliphatic heterocycles. The van der Waals surface area contributed by atoms with Gasteiger partial charge in [0.25, 0.3) is 5.03 Å². The molecular weight excluding hydrogens is 308 g/mol. The fraction of sp³-hybridized carbons (Fsp3) is 0.545. The molecule has 1 heterocycles. The van der Waals surface area contributed by atoms with E-state index in [1.165, 1.54) is 0 Å². The largest absolute Gasteiger partial charge is 2.00 e. The van der Waals surface area contributed by atoms with E-state index in [1.54, 1.807) is 19.4 Å². The third kappa shape index (κ3) is 7.28. The van der Waals surface area contributed by atoms with Crippen LogP contribution in [-0.2, 0) is 40.3 Å². The zero-order chi connectivity index (χ0) is 12.5. The Hall–Kier alpha value is -0.197. The van der Waals surface area contributed by atoms with Gasteiger partial charge in [-0.2, -0.15) is 0 Å². The predicted octanol–water partition coefficient (Wildman–Crippen LogP) is 0.677. The van der Waals surface area contributed by atoms with Crippen LogP contribution in [0.4, 0.5) is 0 Å². The molecule has 96 valence electrons. The van der Waals surface area contributed by atoms with Crippen LogP contribution >= 0.6 is 12.6 Å². The number of thiol groups is 1. The summed E-state index contributed by atoms with van der Waals surface area (Å²) in [6.07, 6.45) is 1.56. The van der Waals surface area contributed by atoms with Gasteiger partial charge in [-0.15, -0.1) is 0 Å². The van der Waals surface area contributed by atoms with Crippen molar-refractivity contribution in [3.8, 4) is 0 Å². The zero-order valence-corrected chi connectivity index (χ0v) is 14.4. The molecule has 18 heavy (non-hydrogen) atoms. The van der Waals surface area contributed by atoms with Gasteiger partial charge >= 0.3 is 19.5 Å². The van der Waals surface area contributed by atoms with Gasteiger partial charge in [0.15, 0.2) is 0 Å². The first-order valence-corrected chi connectivity index (χ1v) is 5.76. The van der Waals surface area contributed by atoms with Crippen LogP contribution in [0.1, 0.15) is 5.56 Å². The first-order valence-electron chi connectivity index (χ1n) is 5.31. The van der Waals surface area contributed by atoms with E-state index in [1.807, 2.05) is 6.07 Å². The fourth-order valence-corrected chi connectivity index (χ4v) is 1.29. The summed E-state index contributed by atoms with van der Waals surface area (Å²) in [6, 6.07) is 3.55. The van der Waals surface area contributed by atoms with E-state index in [9.17, 15) is 5.21 Å². The van der Waals surface area contributed by atoms with Crippen molar-refractivity contribution in [2.24, 2.45) is 0 Å². The summed E-state index contributed by atoms with van der Waals surface area (Å²) in [6.45, 7) is 2.64. The molecule has 1 aromatic rings. The van der Waals surface area contributed by atoms with E-state index in [2.05, 4.69) is 12.6 Å². The van der Waals surface area contributed by atoms with Gasteiger partial charge in [0.05, 0.1) is 33.0 Å². The molecule has 0 radical (unpaired) electrons. The molecule has 0 aromatic carbocycles. The summed E-state index contributed by atoms with van der Waals surface area (Å²) < 4.78 is 16.4. The van der Waals surface area contributed by atoms with Gasteiger partial charge in [-0.25, -0.2) is 0 Å². The van der Waals surface area contributed by atoms with Gasteiger partial charge in [-0.05, 0) is 6.07 Å². The van der Waals surface area contributed by atoms with Crippen LogP contribution in [0, 0.1) is 0 Å². The molecule has 0 fully saturated rings. The second-order valence-corrected chi connectivity index (χ2v) is 3.86. The van der Waals surface area contributed by atoms with Gasteiger partial charge in [-0.3, -0.25) is 5.21 Å². The second-order valence-electron chi connectivity index (χ2n) is 3.40. The van der Waals surface area contributed by atoms with Crippen LogP contribution in [0.5, 0.6) is 0 Å². The number of pyridine rings is 1. The van der Waals surface area contributed by atoms with Crippen LogP contribution in [-0.4, -0.2) is 38.7 Å². The number of rotatable bonds is 8. The van der Waals surface area contributed by atoms with Gasteiger partial charge < -0.3 is 14.2 Å². The number of nitrogens with zero attached hydrogens (tertiary/aromatic N) is 1. The summed E-state index contributed by atoms with van der Waals surface area (Å²) in [5.74, 6) is 0. The minimum atomic E-state index is 0. The summed E-state index contributed by atoms with van der Waals surface area (Å²) >= 11 is 4.04. The quantitative estimate of drug-likeness (QED) is 0.243. The molecule has 0 saturated heterocycles. The second kappa shape index (κ2) is 10.7. The minimum Gasteiger partial charge on any atom is -0.382 e. The molecule has 0 bridgehead atoms. The first-order chi connectivity index (χ1) is 8.24. The normalized spacial score (nSPS) is 10.1. The van der Waals surface area contributed by atoms with Crippen LogP contribution in [0.15, 0.2) is 23.4 Å². The van der Waals surface area contributed by atoms with Crippen molar-refractivity contribution < 1.29 is 43.6 Å². The van der Waals surface area contributed by atoms with Crippen molar-refractivity contribution in [2.45, 2.75) is 11.6 Å². The summed E-state index contributed by atoms with van der Waals surface area (Å²) in [7, 11) is 1.63. The molecule has 0 atom stereocenters. The Kier molecular flexibility index (Phi) is 10.6. The number of hydrogen-bond acceptors (Lipinski definition) is 5. The average molecular weight is 326 g/mol. The fourth-order valence-electron chi connectivity index (χ4n) is 1.16. The SMILES string of the molecule is COCCOCCOCc1ccc(S)[n+](O)c1.[Zn+2]. The van der Waals surface area contributed by atoms with Crippen LogP contribution < -0.4 is 4.73 Å². The molecule has 7 heteroatoms. The molecule has 0 saturated carbocycles. The monoisotopic (exact) mass is 324 g/mol. The number of ether oxygens (including phenoxy) is 3. The Bertz CT molecular complexity index is 341. The number of hydrogen-bond donors (Lipinski definition) is 2. The maximum Gasteiger partial charge on any atom is 2.00 e. The Morgan fingerprint density at radius 2 is 1.83 bits per heavy atom. The Labute approximate surface area is 125 Å². The van der Waals surface area contributed by atoms with Crippen LogP contribution in [0.2, 0.25) is 0 Å². The van der Waals surface area contributed by atoms with E-state index >= 15 is 0 Å². The maximum atomic E-state index is 9.35. The first kappa shape index (κ1) is 17.8. The van der Waals surface area contributed by atoms with Gasteiger partial charge in [-0.1, -0.05) is 12.6 Å². The third-order valence-corrected chi connectivity index (χ3v) is 2.40. The standard InChI is InChI=1S/C11H17NO4S.Zn/c1-14-4-5-15-6-7-16-9-10-2-3-11(17)12(13)8-10;/h2-3,8,13H,4-7,9H2,1H3;/q;+2/p+1. The molecular formula is C11H18NO4SZn+3. The van der Waals surface area contributed by atoms with Crippen LogP contribution in [0.25, 0.3) is 0 Å². The van der Waals surface area contributed by atoms with E-state index in [4.69, 9.17) is 14.2 Å². The van der Waals surface area contributed by atoms with Crippen molar-refractivity contribution in [1.82, 2.24) is 0 Å². The average Bonchev–Trinajstić information content (AvgIpc) is 2.32. The Morgan fingerprint density at radius 1 is 1.17 bits per heavy atom. The summed E-state index contributed by atoms with van der Waals surface area (Å²) in [5, 5.41) is 9.83. The smallest absolute Gasteiger partial charge is 0.382 e. The van der Waals surface area contributed by atoms with E-state index in [-0.39, 0.29) is 19.5 Å². The predicted molar refractivity (Wildman–Crippen MR) is 63.4 cm³/mol. The minimum absolute atomic E-state index is 0. The molecule has 0 spiro atoms. The Balaban J connectivity index is 0.00000289. The Morgan fingerprint density at radius 3 is 2.50 bits per heavy atom. The van der Waals surface area contributed by atoms with E-state index in [0.717, 1.165) is 10.3 Å². The van der Waals surface area contributed by atoms with Crippen molar-refractivity contribution in [3.63, 3.8) is 0 Å². The van der Waals surface area contributed by atoms with Crippen molar-refractivity contribution in [3.05, 3.63) is 23.9 Å². The molecule has 0 amide bonds. The van der Waals surface area contributed by atoms with E-state index < -0.39 is 0 Å². The summed E-state index contributed by atoms with van der Waals surface area (Å²) in [4.78, 5) is 0. The summed E-state index contributed by atoms with van der Waals surface area (Å²) in [5.41, 5.74) is 0.877. The number of methoxy groups -OCH3 is 1. The maximum absolute atomic E-state index is 9.35. The van der Waals surface area contributed by atoms with Crippen molar-refractivity contribution in [2.75, 3.05) is 33.5 Å². The zero-order valence-electron chi connectivity index (χ0n) is 10.5. The number of aromatic nitrogens is 1. The molecule has 0 aliphatic carbocycles. The van der Waals surface area contributed by atoms with Crippen LogP contribution in [0.3, 0.4) is 0 Å². The molecule has 1 rings (SSSR count). The van der Waals surface area contributed by atoms with Gasteiger partial charge in [0, 0.05) is 23.5 Å². The molecule has 1 aromatic heterocycles. The molecule has 1 N–H and O–H groups in total. The van der Waals surface area contributed by atoms with Crippen molar-refractivity contribution >= 4 is 12.6 Å².